The van der Waals surface area contributed by atoms with Gasteiger partial charge in [-0.3, -0.25) is 14.8 Å². The number of aromatic nitrogens is 2. The summed E-state index contributed by atoms with van der Waals surface area (Å²) in [5, 5.41) is 10.3. The van der Waals surface area contributed by atoms with Crippen LogP contribution in [0.4, 0.5) is 0 Å². The maximum atomic E-state index is 12.0. The Bertz CT molecular complexity index is 850. The molecule has 0 aliphatic rings. The van der Waals surface area contributed by atoms with Crippen molar-refractivity contribution in [2.75, 3.05) is 0 Å². The molecule has 1 aromatic carbocycles. The normalized spacial score (nSPS) is 11.5. The summed E-state index contributed by atoms with van der Waals surface area (Å²) in [5.74, 6) is -0.431. The minimum atomic E-state index is -0.703. The van der Waals surface area contributed by atoms with Gasteiger partial charge in [0, 0.05) is 16.7 Å². The summed E-state index contributed by atoms with van der Waals surface area (Å²) in [6.45, 7) is 5.55. The van der Waals surface area contributed by atoms with Crippen molar-refractivity contribution in [3.8, 4) is 11.6 Å². The van der Waals surface area contributed by atoms with Crippen LogP contribution in [-0.2, 0) is 0 Å². The molecule has 0 fully saturated rings. The highest BCUT2D eigenvalue weighted by Crippen LogP contribution is 2.21. The Morgan fingerprint density at radius 3 is 2.64 bits per heavy atom. The van der Waals surface area contributed by atoms with Crippen LogP contribution in [0.1, 0.15) is 25.0 Å². The molecule has 0 atom stereocenters. The van der Waals surface area contributed by atoms with E-state index in [1.54, 1.807) is 18.2 Å². The Hall–Kier alpha value is -2.15. The molecule has 1 heterocycles. The Kier molecular flexibility index (Phi) is 4.65. The van der Waals surface area contributed by atoms with E-state index in [1.165, 1.54) is 6.21 Å². The summed E-state index contributed by atoms with van der Waals surface area (Å²) in [6.07, 6.45) is 1.28. The fourth-order valence-corrected chi connectivity index (χ4v) is 2.13. The van der Waals surface area contributed by atoms with E-state index in [1.807, 2.05) is 20.8 Å². The maximum Gasteiger partial charge on any atom is 0.335 e. The molecule has 0 bridgehead atoms. The van der Waals surface area contributed by atoms with E-state index in [4.69, 9.17) is 0 Å². The standard InChI is InChI=1S/C15H16BrN3O3/c1-8(2)17-7-11-13(20)18-15(22)19(14(11)21)10-4-5-12(16)9(3)6-10/h4-8,21H,1-3H3,(H,18,20,22). The van der Waals surface area contributed by atoms with Crippen molar-refractivity contribution in [3.05, 3.63) is 54.6 Å². The molecule has 2 aromatic rings. The molecular formula is C15H16BrN3O3. The number of nitrogens with zero attached hydrogens (tertiary/aromatic N) is 2. The highest BCUT2D eigenvalue weighted by atomic mass is 79.9. The molecule has 6 nitrogen and oxygen atoms in total. The first-order valence-corrected chi connectivity index (χ1v) is 7.48. The Morgan fingerprint density at radius 1 is 1.36 bits per heavy atom. The molecule has 0 spiro atoms. The number of aromatic amines is 1. The third-order valence-corrected chi connectivity index (χ3v) is 3.91. The number of hydrogen-bond donors (Lipinski definition) is 2. The highest BCUT2D eigenvalue weighted by molar-refractivity contribution is 9.10. The van der Waals surface area contributed by atoms with Crippen LogP contribution in [0.3, 0.4) is 0 Å². The molecule has 7 heteroatoms. The molecule has 0 saturated heterocycles. The van der Waals surface area contributed by atoms with Crippen molar-refractivity contribution < 1.29 is 5.11 Å². The van der Waals surface area contributed by atoms with Gasteiger partial charge in [0.15, 0.2) is 0 Å². The van der Waals surface area contributed by atoms with E-state index >= 15 is 0 Å². The summed E-state index contributed by atoms with van der Waals surface area (Å²) in [5.41, 5.74) is -0.0668. The quantitative estimate of drug-likeness (QED) is 0.816. The van der Waals surface area contributed by atoms with Gasteiger partial charge in [-0.25, -0.2) is 9.36 Å². The summed E-state index contributed by atoms with van der Waals surface area (Å²) in [4.78, 5) is 30.2. The van der Waals surface area contributed by atoms with Crippen molar-refractivity contribution in [3.63, 3.8) is 0 Å². The van der Waals surface area contributed by atoms with Crippen LogP contribution in [-0.4, -0.2) is 26.9 Å². The van der Waals surface area contributed by atoms with Crippen molar-refractivity contribution in [1.29, 1.82) is 0 Å². The van der Waals surface area contributed by atoms with E-state index < -0.39 is 17.1 Å². The van der Waals surface area contributed by atoms with E-state index in [0.717, 1.165) is 14.6 Å². The van der Waals surface area contributed by atoms with E-state index in [9.17, 15) is 14.7 Å². The SMILES string of the molecule is Cc1cc(-n2c(O)c(C=NC(C)C)c(=O)[nH]c2=O)ccc1Br. The van der Waals surface area contributed by atoms with Crippen molar-refractivity contribution in [2.45, 2.75) is 26.8 Å². The third kappa shape index (κ3) is 3.19. The minimum absolute atomic E-state index is 0.0332. The van der Waals surface area contributed by atoms with Gasteiger partial charge in [0.25, 0.3) is 5.56 Å². The predicted octanol–water partition coefficient (Wildman–Crippen LogP) is 2.13. The van der Waals surface area contributed by atoms with Crippen LogP contribution in [0.2, 0.25) is 0 Å². The van der Waals surface area contributed by atoms with Crippen molar-refractivity contribution >= 4 is 22.1 Å². The molecule has 0 saturated carbocycles. The number of rotatable bonds is 3. The van der Waals surface area contributed by atoms with Crippen LogP contribution >= 0.6 is 15.9 Å². The first-order valence-electron chi connectivity index (χ1n) is 6.69. The monoisotopic (exact) mass is 365 g/mol. The zero-order valence-corrected chi connectivity index (χ0v) is 14.0. The van der Waals surface area contributed by atoms with E-state index in [2.05, 4.69) is 25.9 Å². The fraction of sp³-hybridized carbons (Fsp3) is 0.267. The summed E-state index contributed by atoms with van der Waals surface area (Å²) < 4.78 is 1.93. The van der Waals surface area contributed by atoms with Gasteiger partial charge >= 0.3 is 5.69 Å². The van der Waals surface area contributed by atoms with E-state index in [-0.39, 0.29) is 11.6 Å². The maximum absolute atomic E-state index is 12.0. The number of aromatic hydroxyl groups is 1. The fourth-order valence-electron chi connectivity index (χ4n) is 1.89. The van der Waals surface area contributed by atoms with Crippen LogP contribution in [0.25, 0.3) is 5.69 Å². The van der Waals surface area contributed by atoms with Gasteiger partial charge < -0.3 is 5.11 Å². The third-order valence-electron chi connectivity index (χ3n) is 3.02. The Morgan fingerprint density at radius 2 is 2.05 bits per heavy atom. The first kappa shape index (κ1) is 16.2. The van der Waals surface area contributed by atoms with Gasteiger partial charge in [-0.2, -0.15) is 0 Å². The molecule has 0 radical (unpaired) electrons. The van der Waals surface area contributed by atoms with Crippen LogP contribution in [0.5, 0.6) is 5.88 Å². The van der Waals surface area contributed by atoms with Gasteiger partial charge in [-0.15, -0.1) is 0 Å². The summed E-state index contributed by atoms with van der Waals surface area (Å²) in [7, 11) is 0. The Balaban J connectivity index is 2.71. The smallest absolute Gasteiger partial charge is 0.335 e. The van der Waals surface area contributed by atoms with Crippen LogP contribution < -0.4 is 11.2 Å². The second-order valence-electron chi connectivity index (χ2n) is 5.14. The minimum Gasteiger partial charge on any atom is -0.493 e. The summed E-state index contributed by atoms with van der Waals surface area (Å²) >= 11 is 3.38. The van der Waals surface area contributed by atoms with Gasteiger partial charge in [-0.1, -0.05) is 15.9 Å². The molecule has 116 valence electrons. The first-order chi connectivity index (χ1) is 10.3. The molecule has 0 aliphatic carbocycles. The lowest BCUT2D eigenvalue weighted by Crippen LogP contribution is -2.31. The molecule has 1 aromatic heterocycles. The predicted molar refractivity (Wildman–Crippen MR) is 89.5 cm³/mol. The van der Waals surface area contributed by atoms with Gasteiger partial charge in [0.05, 0.1) is 5.69 Å². The second kappa shape index (κ2) is 6.31. The van der Waals surface area contributed by atoms with Crippen molar-refractivity contribution in [1.82, 2.24) is 9.55 Å². The highest BCUT2D eigenvalue weighted by Gasteiger charge is 2.14. The van der Waals surface area contributed by atoms with Crippen LogP contribution in [0.15, 0.2) is 37.3 Å². The van der Waals surface area contributed by atoms with E-state index in [0.29, 0.717) is 5.69 Å². The van der Waals surface area contributed by atoms with Gasteiger partial charge in [0.2, 0.25) is 5.88 Å². The average molecular weight is 366 g/mol. The lowest BCUT2D eigenvalue weighted by atomic mass is 10.2. The van der Waals surface area contributed by atoms with Gasteiger partial charge in [0.1, 0.15) is 5.56 Å². The molecule has 0 aliphatic heterocycles. The van der Waals surface area contributed by atoms with Gasteiger partial charge in [-0.05, 0) is 44.5 Å². The number of aliphatic imine (C=N–C) groups is 1. The number of hydrogen-bond acceptors (Lipinski definition) is 4. The molecule has 22 heavy (non-hydrogen) atoms. The number of halogens is 1. The second-order valence-corrected chi connectivity index (χ2v) is 5.99. The average Bonchev–Trinajstić information content (AvgIpc) is 2.41. The Labute approximate surface area is 135 Å². The molecule has 2 N–H and O–H groups in total. The van der Waals surface area contributed by atoms with Crippen molar-refractivity contribution in [2.24, 2.45) is 4.99 Å². The lowest BCUT2D eigenvalue weighted by molar-refractivity contribution is 0.430. The summed E-state index contributed by atoms with van der Waals surface area (Å²) in [6, 6.07) is 5.13. The molecule has 2 rings (SSSR count). The zero-order valence-electron chi connectivity index (χ0n) is 12.4. The number of nitrogens with one attached hydrogen (secondary N) is 1. The number of H-pyrrole nitrogens is 1. The topological polar surface area (TPSA) is 87.4 Å². The van der Waals surface area contributed by atoms with Crippen LogP contribution in [0, 0.1) is 6.92 Å². The molecule has 0 unspecified atom stereocenters. The zero-order chi connectivity index (χ0) is 16.4. The largest absolute Gasteiger partial charge is 0.493 e. The molecule has 0 amide bonds. The number of benzene rings is 1. The number of aryl methyl sites for hydroxylation is 1. The molecular weight excluding hydrogens is 350 g/mol. The lowest BCUT2D eigenvalue weighted by Gasteiger charge is -2.11.